The molecule has 0 spiro atoms. The molecule has 0 atom stereocenters. The largest absolute Gasteiger partial charge is 0.384 e. The average molecular weight is 228 g/mol. The normalized spacial score (nSPS) is 9.88. The fraction of sp³-hybridized carbons (Fsp3) is 0.273. The summed E-state index contributed by atoms with van der Waals surface area (Å²) in [5, 5.41) is 19.7. The lowest BCUT2D eigenvalue weighted by atomic mass is 10.3. The van der Waals surface area contributed by atoms with Crippen LogP contribution in [0.3, 0.4) is 0 Å². The standard InChI is InChI=1S/C11H12N6/c1-17-8-15-16-11(17)3-5-13-9-2-4-14-10(6-9)7-12/h2,4,6,8H,3,5H2,1H3,(H,13,14). The van der Waals surface area contributed by atoms with E-state index >= 15 is 0 Å². The number of hydrogen-bond donors (Lipinski definition) is 1. The Kier molecular flexibility index (Phi) is 3.31. The van der Waals surface area contributed by atoms with Gasteiger partial charge in [-0.25, -0.2) is 4.98 Å². The first-order chi connectivity index (χ1) is 8.29. The number of anilines is 1. The summed E-state index contributed by atoms with van der Waals surface area (Å²) in [6.07, 6.45) is 4.07. The maximum Gasteiger partial charge on any atom is 0.142 e. The lowest BCUT2D eigenvalue weighted by Gasteiger charge is -2.05. The molecular formula is C11H12N6. The molecule has 86 valence electrons. The van der Waals surface area contributed by atoms with E-state index in [9.17, 15) is 0 Å². The predicted octanol–water partition coefficient (Wildman–Crippen LogP) is 0.736. The third-order valence-corrected chi connectivity index (χ3v) is 2.36. The smallest absolute Gasteiger partial charge is 0.142 e. The molecule has 0 fully saturated rings. The quantitative estimate of drug-likeness (QED) is 0.834. The number of pyridine rings is 1. The molecule has 1 N–H and O–H groups in total. The van der Waals surface area contributed by atoms with E-state index in [4.69, 9.17) is 5.26 Å². The predicted molar refractivity (Wildman–Crippen MR) is 62.1 cm³/mol. The highest BCUT2D eigenvalue weighted by molar-refractivity contribution is 5.45. The molecule has 0 aliphatic rings. The second-order valence-corrected chi connectivity index (χ2v) is 3.58. The van der Waals surface area contributed by atoms with Crippen molar-refractivity contribution in [3.63, 3.8) is 0 Å². The number of nitrogens with one attached hydrogen (secondary N) is 1. The van der Waals surface area contributed by atoms with Gasteiger partial charge in [0.25, 0.3) is 0 Å². The minimum absolute atomic E-state index is 0.411. The fourth-order valence-electron chi connectivity index (χ4n) is 1.45. The minimum Gasteiger partial charge on any atom is -0.384 e. The maximum atomic E-state index is 8.71. The Labute approximate surface area is 98.9 Å². The van der Waals surface area contributed by atoms with Crippen LogP contribution in [0.25, 0.3) is 0 Å². The Bertz CT molecular complexity index is 539. The van der Waals surface area contributed by atoms with Gasteiger partial charge in [-0.05, 0) is 12.1 Å². The zero-order chi connectivity index (χ0) is 12.1. The highest BCUT2D eigenvalue weighted by Crippen LogP contribution is 2.07. The van der Waals surface area contributed by atoms with Crippen LogP contribution in [0.1, 0.15) is 11.5 Å². The molecule has 0 aromatic carbocycles. The zero-order valence-corrected chi connectivity index (χ0v) is 9.46. The summed E-state index contributed by atoms with van der Waals surface area (Å²) in [6, 6.07) is 5.55. The first-order valence-electron chi connectivity index (χ1n) is 5.22. The Morgan fingerprint density at radius 1 is 1.53 bits per heavy atom. The van der Waals surface area contributed by atoms with Crippen LogP contribution in [0.15, 0.2) is 24.7 Å². The van der Waals surface area contributed by atoms with Crippen molar-refractivity contribution in [3.05, 3.63) is 36.2 Å². The van der Waals surface area contributed by atoms with Crippen LogP contribution in [0.5, 0.6) is 0 Å². The molecule has 6 heteroatoms. The molecule has 0 radical (unpaired) electrons. The van der Waals surface area contributed by atoms with Crippen molar-refractivity contribution in [2.24, 2.45) is 7.05 Å². The van der Waals surface area contributed by atoms with Gasteiger partial charge in [0.2, 0.25) is 0 Å². The van der Waals surface area contributed by atoms with E-state index in [0.29, 0.717) is 5.69 Å². The topological polar surface area (TPSA) is 79.4 Å². The van der Waals surface area contributed by atoms with Gasteiger partial charge >= 0.3 is 0 Å². The molecule has 0 saturated carbocycles. The number of hydrogen-bond acceptors (Lipinski definition) is 5. The van der Waals surface area contributed by atoms with Gasteiger partial charge in [0.15, 0.2) is 0 Å². The molecule has 2 aromatic heterocycles. The third-order valence-electron chi connectivity index (χ3n) is 2.36. The van der Waals surface area contributed by atoms with Gasteiger partial charge in [-0.1, -0.05) is 0 Å². The molecule has 0 amide bonds. The van der Waals surface area contributed by atoms with Crippen LogP contribution >= 0.6 is 0 Å². The van der Waals surface area contributed by atoms with E-state index in [1.54, 1.807) is 18.6 Å². The van der Waals surface area contributed by atoms with Crippen LogP contribution in [0.2, 0.25) is 0 Å². The van der Waals surface area contributed by atoms with Crippen LogP contribution in [-0.4, -0.2) is 26.3 Å². The van der Waals surface area contributed by atoms with Gasteiger partial charge in [0.05, 0.1) is 0 Å². The van der Waals surface area contributed by atoms with Crippen molar-refractivity contribution in [3.8, 4) is 6.07 Å². The molecule has 2 aromatic rings. The van der Waals surface area contributed by atoms with Gasteiger partial charge in [0.1, 0.15) is 23.9 Å². The van der Waals surface area contributed by atoms with Gasteiger partial charge in [-0.3, -0.25) is 0 Å². The van der Waals surface area contributed by atoms with E-state index in [-0.39, 0.29) is 0 Å². The first kappa shape index (κ1) is 11.1. The van der Waals surface area contributed by atoms with Crippen molar-refractivity contribution >= 4 is 5.69 Å². The van der Waals surface area contributed by atoms with Crippen LogP contribution in [0.4, 0.5) is 5.69 Å². The molecule has 0 aliphatic heterocycles. The van der Waals surface area contributed by atoms with Crippen LogP contribution < -0.4 is 5.32 Å². The van der Waals surface area contributed by atoms with Crippen LogP contribution in [0, 0.1) is 11.3 Å². The van der Waals surface area contributed by atoms with Gasteiger partial charge in [-0.2, -0.15) is 5.26 Å². The van der Waals surface area contributed by atoms with Crippen molar-refractivity contribution in [1.29, 1.82) is 5.26 Å². The zero-order valence-electron chi connectivity index (χ0n) is 9.46. The molecule has 2 heterocycles. The number of aryl methyl sites for hydroxylation is 1. The molecule has 6 nitrogen and oxygen atoms in total. The van der Waals surface area contributed by atoms with E-state index in [0.717, 1.165) is 24.5 Å². The van der Waals surface area contributed by atoms with E-state index in [2.05, 4.69) is 20.5 Å². The van der Waals surface area contributed by atoms with Crippen molar-refractivity contribution < 1.29 is 0 Å². The Morgan fingerprint density at radius 3 is 3.12 bits per heavy atom. The maximum absolute atomic E-state index is 8.71. The summed E-state index contributed by atoms with van der Waals surface area (Å²) in [6.45, 7) is 0.738. The third kappa shape index (κ3) is 2.78. The highest BCUT2D eigenvalue weighted by atomic mass is 15.2. The van der Waals surface area contributed by atoms with Crippen molar-refractivity contribution in [1.82, 2.24) is 19.7 Å². The Balaban J connectivity index is 1.90. The second-order valence-electron chi connectivity index (χ2n) is 3.58. The summed E-state index contributed by atoms with van der Waals surface area (Å²) in [5.41, 5.74) is 1.30. The first-order valence-corrected chi connectivity index (χ1v) is 5.22. The molecule has 2 rings (SSSR count). The van der Waals surface area contributed by atoms with Gasteiger partial charge in [0, 0.05) is 31.9 Å². The second kappa shape index (κ2) is 5.07. The number of nitriles is 1. The molecule has 17 heavy (non-hydrogen) atoms. The highest BCUT2D eigenvalue weighted by Gasteiger charge is 2.00. The summed E-state index contributed by atoms with van der Waals surface area (Å²) in [7, 11) is 1.91. The van der Waals surface area contributed by atoms with Crippen molar-refractivity contribution in [2.45, 2.75) is 6.42 Å². The molecule has 0 unspecified atom stereocenters. The number of aromatic nitrogens is 4. The van der Waals surface area contributed by atoms with Crippen LogP contribution in [-0.2, 0) is 13.5 Å². The van der Waals surface area contributed by atoms with Gasteiger partial charge in [-0.15, -0.1) is 10.2 Å². The number of nitrogens with zero attached hydrogens (tertiary/aromatic N) is 5. The summed E-state index contributed by atoms with van der Waals surface area (Å²) < 4.78 is 1.88. The molecular weight excluding hydrogens is 216 g/mol. The summed E-state index contributed by atoms with van der Waals surface area (Å²) in [4.78, 5) is 3.90. The van der Waals surface area contributed by atoms with Crippen molar-refractivity contribution in [2.75, 3.05) is 11.9 Å². The summed E-state index contributed by atoms with van der Waals surface area (Å²) in [5.74, 6) is 0.923. The number of rotatable bonds is 4. The monoisotopic (exact) mass is 228 g/mol. The fourth-order valence-corrected chi connectivity index (χ4v) is 1.45. The lowest BCUT2D eigenvalue weighted by Crippen LogP contribution is -2.08. The lowest BCUT2D eigenvalue weighted by molar-refractivity contribution is 0.788. The van der Waals surface area contributed by atoms with Gasteiger partial charge < -0.3 is 9.88 Å². The molecule has 0 bridgehead atoms. The van der Waals surface area contributed by atoms with E-state index in [1.807, 2.05) is 23.8 Å². The molecule has 0 aliphatic carbocycles. The minimum atomic E-state index is 0.411. The van der Waals surface area contributed by atoms with E-state index < -0.39 is 0 Å². The Hall–Kier alpha value is -2.42. The molecule has 0 saturated heterocycles. The average Bonchev–Trinajstić information content (AvgIpc) is 2.76. The van der Waals surface area contributed by atoms with E-state index in [1.165, 1.54) is 0 Å². The Morgan fingerprint density at radius 2 is 2.41 bits per heavy atom. The SMILES string of the molecule is Cn1cnnc1CCNc1ccnc(C#N)c1. The summed E-state index contributed by atoms with van der Waals surface area (Å²) >= 11 is 0.